The standard InChI is InChI=1S/C15H14N2O/c1-11-6-14(18)10-17(9-11)13-7-12-4-2-3-5-15(12)16-8-13/h2-5,7-9H,6,10H2,1H3. The summed E-state index contributed by atoms with van der Waals surface area (Å²) in [5.41, 5.74) is 3.05. The minimum absolute atomic E-state index is 0.253. The molecule has 0 saturated carbocycles. The van der Waals surface area contributed by atoms with Crippen LogP contribution in [0.2, 0.25) is 0 Å². The lowest BCUT2D eigenvalue weighted by atomic mass is 10.1. The number of nitrogens with zero attached hydrogens (tertiary/aromatic N) is 2. The Morgan fingerprint density at radius 2 is 2.11 bits per heavy atom. The van der Waals surface area contributed by atoms with Crippen molar-refractivity contribution in [1.29, 1.82) is 0 Å². The third kappa shape index (κ3) is 1.99. The summed E-state index contributed by atoms with van der Waals surface area (Å²) in [6.45, 7) is 2.43. The average Bonchev–Trinajstić information content (AvgIpc) is 2.37. The molecule has 0 fully saturated rings. The molecular weight excluding hydrogens is 224 g/mol. The first-order chi connectivity index (χ1) is 8.72. The largest absolute Gasteiger partial charge is 0.339 e. The molecule has 0 unspecified atom stereocenters. The van der Waals surface area contributed by atoms with E-state index in [-0.39, 0.29) is 5.78 Å². The fourth-order valence-corrected chi connectivity index (χ4v) is 2.30. The van der Waals surface area contributed by atoms with Gasteiger partial charge in [-0.1, -0.05) is 18.2 Å². The van der Waals surface area contributed by atoms with Crippen LogP contribution in [0.15, 0.2) is 48.3 Å². The highest BCUT2D eigenvalue weighted by Gasteiger charge is 2.16. The van der Waals surface area contributed by atoms with Gasteiger partial charge >= 0.3 is 0 Å². The lowest BCUT2D eigenvalue weighted by Gasteiger charge is -2.24. The summed E-state index contributed by atoms with van der Waals surface area (Å²) >= 11 is 0. The highest BCUT2D eigenvalue weighted by Crippen LogP contribution is 2.23. The lowest BCUT2D eigenvalue weighted by Crippen LogP contribution is -2.29. The highest BCUT2D eigenvalue weighted by atomic mass is 16.1. The lowest BCUT2D eigenvalue weighted by molar-refractivity contribution is -0.117. The van der Waals surface area contributed by atoms with Crippen LogP contribution in [-0.4, -0.2) is 17.3 Å². The molecule has 1 aliphatic rings. The van der Waals surface area contributed by atoms with Gasteiger partial charge in [0.25, 0.3) is 0 Å². The van der Waals surface area contributed by atoms with E-state index in [1.165, 1.54) is 0 Å². The Kier molecular flexibility index (Phi) is 2.59. The molecule has 0 N–H and O–H groups in total. The van der Waals surface area contributed by atoms with Gasteiger partial charge in [-0.15, -0.1) is 0 Å². The monoisotopic (exact) mass is 238 g/mol. The molecule has 1 aromatic heterocycles. The van der Waals surface area contributed by atoms with E-state index in [4.69, 9.17) is 0 Å². The number of para-hydroxylation sites is 1. The van der Waals surface area contributed by atoms with Gasteiger partial charge in [0.2, 0.25) is 0 Å². The molecule has 1 aliphatic heterocycles. The van der Waals surface area contributed by atoms with Crippen molar-refractivity contribution in [3.8, 4) is 0 Å². The molecule has 0 spiro atoms. The molecule has 0 aliphatic carbocycles. The van der Waals surface area contributed by atoms with E-state index in [0.29, 0.717) is 13.0 Å². The first-order valence-corrected chi connectivity index (χ1v) is 6.03. The first kappa shape index (κ1) is 11.0. The topological polar surface area (TPSA) is 33.2 Å². The Morgan fingerprint density at radius 3 is 2.94 bits per heavy atom. The summed E-state index contributed by atoms with van der Waals surface area (Å²) in [5.74, 6) is 0.253. The van der Waals surface area contributed by atoms with Crippen molar-refractivity contribution in [2.24, 2.45) is 0 Å². The van der Waals surface area contributed by atoms with E-state index in [1.54, 1.807) is 0 Å². The van der Waals surface area contributed by atoms with Crippen molar-refractivity contribution in [2.45, 2.75) is 13.3 Å². The molecule has 90 valence electrons. The van der Waals surface area contributed by atoms with Gasteiger partial charge in [0.15, 0.2) is 5.78 Å². The van der Waals surface area contributed by atoms with Gasteiger partial charge in [-0.25, -0.2) is 0 Å². The Morgan fingerprint density at radius 1 is 1.28 bits per heavy atom. The fourth-order valence-electron chi connectivity index (χ4n) is 2.30. The van der Waals surface area contributed by atoms with Crippen molar-refractivity contribution >= 4 is 22.4 Å². The maximum Gasteiger partial charge on any atom is 0.156 e. The van der Waals surface area contributed by atoms with Crippen LogP contribution < -0.4 is 4.90 Å². The van der Waals surface area contributed by atoms with Crippen molar-refractivity contribution in [1.82, 2.24) is 4.98 Å². The second-order valence-corrected chi connectivity index (χ2v) is 4.71. The molecule has 0 radical (unpaired) electrons. The van der Waals surface area contributed by atoms with Crippen LogP contribution >= 0.6 is 0 Å². The molecule has 0 bridgehead atoms. The van der Waals surface area contributed by atoms with Crippen molar-refractivity contribution in [3.63, 3.8) is 0 Å². The molecule has 0 atom stereocenters. The number of rotatable bonds is 1. The van der Waals surface area contributed by atoms with Gasteiger partial charge in [-0.3, -0.25) is 9.78 Å². The van der Waals surface area contributed by atoms with Gasteiger partial charge in [0.1, 0.15) is 0 Å². The minimum Gasteiger partial charge on any atom is -0.339 e. The first-order valence-electron chi connectivity index (χ1n) is 6.03. The van der Waals surface area contributed by atoms with E-state index in [2.05, 4.69) is 11.1 Å². The Bertz CT molecular complexity index is 646. The predicted molar refractivity (Wildman–Crippen MR) is 72.5 cm³/mol. The number of hydrogen-bond donors (Lipinski definition) is 0. The molecule has 1 aromatic carbocycles. The van der Waals surface area contributed by atoms with Crippen LogP contribution in [0.5, 0.6) is 0 Å². The van der Waals surface area contributed by atoms with E-state index >= 15 is 0 Å². The maximum atomic E-state index is 11.6. The van der Waals surface area contributed by atoms with Crippen LogP contribution in [0, 0.1) is 0 Å². The van der Waals surface area contributed by atoms with Crippen molar-refractivity contribution < 1.29 is 4.79 Å². The van der Waals surface area contributed by atoms with Crippen LogP contribution in [-0.2, 0) is 4.79 Å². The number of allylic oxidation sites excluding steroid dienone is 1. The Hall–Kier alpha value is -2.16. The number of carbonyl (C=O) groups excluding carboxylic acids is 1. The molecule has 18 heavy (non-hydrogen) atoms. The summed E-state index contributed by atoms with van der Waals surface area (Å²) in [7, 11) is 0. The van der Waals surface area contributed by atoms with Gasteiger partial charge < -0.3 is 4.90 Å². The zero-order valence-corrected chi connectivity index (χ0v) is 10.3. The van der Waals surface area contributed by atoms with E-state index in [1.807, 2.05) is 48.5 Å². The quantitative estimate of drug-likeness (QED) is 0.766. The number of hydrogen-bond acceptors (Lipinski definition) is 3. The number of fused-ring (bicyclic) bond motifs is 1. The zero-order chi connectivity index (χ0) is 12.5. The third-order valence-corrected chi connectivity index (χ3v) is 3.11. The third-order valence-electron chi connectivity index (χ3n) is 3.11. The summed E-state index contributed by atoms with van der Waals surface area (Å²) in [6.07, 6.45) is 4.43. The fraction of sp³-hybridized carbons (Fsp3) is 0.200. The van der Waals surface area contributed by atoms with Crippen molar-refractivity contribution in [3.05, 3.63) is 48.3 Å². The van der Waals surface area contributed by atoms with Gasteiger partial charge in [-0.2, -0.15) is 0 Å². The average molecular weight is 238 g/mol. The maximum absolute atomic E-state index is 11.6. The number of anilines is 1. The number of ketones is 1. The molecule has 3 rings (SSSR count). The number of Topliss-reactive ketones (excluding diaryl/α,β-unsaturated/α-hetero) is 1. The molecule has 3 heteroatoms. The Labute approximate surface area is 106 Å². The summed E-state index contributed by atoms with van der Waals surface area (Å²) in [5, 5.41) is 1.10. The number of benzene rings is 1. The summed E-state index contributed by atoms with van der Waals surface area (Å²) in [4.78, 5) is 18.0. The predicted octanol–water partition coefficient (Wildman–Crippen LogP) is 2.92. The van der Waals surface area contributed by atoms with Crippen LogP contribution in [0.25, 0.3) is 10.9 Å². The minimum atomic E-state index is 0.253. The van der Waals surface area contributed by atoms with E-state index in [0.717, 1.165) is 22.2 Å². The second-order valence-electron chi connectivity index (χ2n) is 4.71. The van der Waals surface area contributed by atoms with Crippen LogP contribution in [0.4, 0.5) is 5.69 Å². The second kappa shape index (κ2) is 4.26. The van der Waals surface area contributed by atoms with E-state index in [9.17, 15) is 4.79 Å². The molecule has 3 nitrogen and oxygen atoms in total. The molecule has 2 aromatic rings. The van der Waals surface area contributed by atoms with Gasteiger partial charge in [0, 0.05) is 18.0 Å². The molecular formula is C15H14N2O. The number of aromatic nitrogens is 1. The highest BCUT2D eigenvalue weighted by molar-refractivity contribution is 5.89. The van der Waals surface area contributed by atoms with Crippen LogP contribution in [0.1, 0.15) is 13.3 Å². The SMILES string of the molecule is CC1=CN(c2cnc3ccccc3c2)CC(=O)C1. The van der Waals surface area contributed by atoms with Crippen LogP contribution in [0.3, 0.4) is 0 Å². The number of carbonyl (C=O) groups is 1. The smallest absolute Gasteiger partial charge is 0.156 e. The van der Waals surface area contributed by atoms with Crippen molar-refractivity contribution in [2.75, 3.05) is 11.4 Å². The summed E-state index contributed by atoms with van der Waals surface area (Å²) < 4.78 is 0. The molecule has 2 heterocycles. The number of pyridine rings is 1. The zero-order valence-electron chi connectivity index (χ0n) is 10.3. The van der Waals surface area contributed by atoms with E-state index < -0.39 is 0 Å². The normalized spacial score (nSPS) is 15.9. The van der Waals surface area contributed by atoms with Gasteiger partial charge in [0.05, 0.1) is 23.9 Å². The van der Waals surface area contributed by atoms with Gasteiger partial charge in [-0.05, 0) is 24.6 Å². The molecule has 0 amide bonds. The Balaban J connectivity index is 2.04. The molecule has 0 saturated heterocycles. The summed E-state index contributed by atoms with van der Waals surface area (Å²) in [6, 6.07) is 10.1.